The summed E-state index contributed by atoms with van der Waals surface area (Å²) in [4.78, 5) is 29.5. The molecule has 0 aromatic carbocycles. The molecule has 1 aromatic heterocycles. The van der Waals surface area contributed by atoms with Gasteiger partial charge < -0.3 is 10.4 Å². The Balaban J connectivity index is 2.43. The van der Waals surface area contributed by atoms with Crippen molar-refractivity contribution >= 4 is 11.9 Å². The van der Waals surface area contributed by atoms with Gasteiger partial charge in [0.25, 0.3) is 5.91 Å². The number of hydrogen-bond acceptors (Lipinski definition) is 4. The summed E-state index contributed by atoms with van der Waals surface area (Å²) in [5.41, 5.74) is 0.227. The van der Waals surface area contributed by atoms with Crippen LogP contribution in [0, 0.1) is 0 Å². The molecule has 0 aliphatic rings. The lowest BCUT2D eigenvalue weighted by Crippen LogP contribution is -2.33. The Morgan fingerprint density at radius 1 is 1.50 bits per heavy atom. The molecule has 2 N–H and O–H groups in total. The molecule has 1 rings (SSSR count). The van der Waals surface area contributed by atoms with E-state index in [0.717, 1.165) is 0 Å². The Bertz CT molecular complexity index is 367. The van der Waals surface area contributed by atoms with Gasteiger partial charge in [-0.05, 0) is 13.3 Å². The maximum Gasteiger partial charge on any atom is 0.303 e. The largest absolute Gasteiger partial charge is 0.481 e. The third-order valence-electron chi connectivity index (χ3n) is 1.96. The molecule has 86 valence electrons. The molecular formula is C10H13N3O3. The number of rotatable bonds is 5. The lowest BCUT2D eigenvalue weighted by molar-refractivity contribution is -0.137. The predicted molar refractivity (Wildman–Crippen MR) is 55.8 cm³/mol. The number of carboxylic acids is 1. The van der Waals surface area contributed by atoms with Crippen LogP contribution < -0.4 is 5.32 Å². The van der Waals surface area contributed by atoms with E-state index in [0.29, 0.717) is 6.42 Å². The summed E-state index contributed by atoms with van der Waals surface area (Å²) >= 11 is 0. The number of aromatic nitrogens is 2. The molecule has 0 aliphatic heterocycles. The van der Waals surface area contributed by atoms with Gasteiger partial charge in [-0.2, -0.15) is 0 Å². The summed E-state index contributed by atoms with van der Waals surface area (Å²) in [5, 5.41) is 11.1. The Hall–Kier alpha value is -1.98. The number of carbonyl (C=O) groups excluding carboxylic acids is 1. The maximum absolute atomic E-state index is 11.5. The summed E-state index contributed by atoms with van der Waals surface area (Å²) in [7, 11) is 0. The molecule has 0 bridgehead atoms. The molecule has 0 saturated carbocycles. The molecule has 6 heteroatoms. The van der Waals surface area contributed by atoms with Gasteiger partial charge in [-0.25, -0.2) is 4.98 Å². The van der Waals surface area contributed by atoms with Crippen LogP contribution in [0.3, 0.4) is 0 Å². The summed E-state index contributed by atoms with van der Waals surface area (Å²) in [6.45, 7) is 1.75. The minimum Gasteiger partial charge on any atom is -0.481 e. The van der Waals surface area contributed by atoms with Crippen LogP contribution in [0.2, 0.25) is 0 Å². The van der Waals surface area contributed by atoms with Crippen LogP contribution in [0.15, 0.2) is 18.6 Å². The highest BCUT2D eigenvalue weighted by Gasteiger charge is 2.11. The van der Waals surface area contributed by atoms with Crippen LogP contribution in [0.5, 0.6) is 0 Å². The predicted octanol–water partition coefficient (Wildman–Crippen LogP) is 0.460. The first-order chi connectivity index (χ1) is 7.59. The van der Waals surface area contributed by atoms with E-state index in [4.69, 9.17) is 5.11 Å². The lowest BCUT2D eigenvalue weighted by atomic mass is 10.2. The molecule has 0 saturated heterocycles. The first-order valence-electron chi connectivity index (χ1n) is 4.88. The third kappa shape index (κ3) is 4.04. The minimum atomic E-state index is -0.874. The normalized spacial score (nSPS) is 11.8. The molecule has 1 atom stereocenters. The van der Waals surface area contributed by atoms with Crippen LogP contribution >= 0.6 is 0 Å². The van der Waals surface area contributed by atoms with Gasteiger partial charge in [-0.1, -0.05) is 0 Å². The van der Waals surface area contributed by atoms with E-state index in [1.165, 1.54) is 18.6 Å². The van der Waals surface area contributed by atoms with Crippen molar-refractivity contribution in [1.29, 1.82) is 0 Å². The van der Waals surface area contributed by atoms with Crippen molar-refractivity contribution in [2.24, 2.45) is 0 Å². The second-order valence-corrected chi connectivity index (χ2v) is 3.40. The van der Waals surface area contributed by atoms with Gasteiger partial charge in [0.15, 0.2) is 0 Å². The first-order valence-corrected chi connectivity index (χ1v) is 4.88. The van der Waals surface area contributed by atoms with Crippen molar-refractivity contribution < 1.29 is 14.7 Å². The number of amides is 1. The van der Waals surface area contributed by atoms with E-state index in [1.807, 2.05) is 0 Å². The highest BCUT2D eigenvalue weighted by molar-refractivity contribution is 5.92. The zero-order chi connectivity index (χ0) is 12.0. The van der Waals surface area contributed by atoms with E-state index < -0.39 is 5.97 Å². The van der Waals surface area contributed by atoms with Gasteiger partial charge in [-0.3, -0.25) is 14.6 Å². The van der Waals surface area contributed by atoms with Gasteiger partial charge in [0.05, 0.1) is 6.20 Å². The first kappa shape index (κ1) is 12.1. The zero-order valence-corrected chi connectivity index (χ0v) is 8.88. The Labute approximate surface area is 92.7 Å². The summed E-state index contributed by atoms with van der Waals surface area (Å²) in [6.07, 6.45) is 4.68. The highest BCUT2D eigenvalue weighted by Crippen LogP contribution is 1.98. The Morgan fingerprint density at radius 2 is 2.25 bits per heavy atom. The SMILES string of the molecule is CC(CCC(=O)O)NC(=O)c1cnccn1. The monoisotopic (exact) mass is 223 g/mol. The second-order valence-electron chi connectivity index (χ2n) is 3.40. The summed E-state index contributed by atoms with van der Waals surface area (Å²) in [5.74, 6) is -1.22. The van der Waals surface area contributed by atoms with Gasteiger partial charge in [0.2, 0.25) is 0 Å². The Morgan fingerprint density at radius 3 is 2.81 bits per heavy atom. The van der Waals surface area contributed by atoms with Crippen molar-refractivity contribution in [2.45, 2.75) is 25.8 Å². The standard InChI is InChI=1S/C10H13N3O3/c1-7(2-3-9(14)15)13-10(16)8-6-11-4-5-12-8/h4-7H,2-3H2,1H3,(H,13,16)(H,14,15). The van der Waals surface area contributed by atoms with Gasteiger partial charge in [0.1, 0.15) is 5.69 Å². The molecule has 1 amide bonds. The van der Waals surface area contributed by atoms with Crippen molar-refractivity contribution in [1.82, 2.24) is 15.3 Å². The fraction of sp³-hybridized carbons (Fsp3) is 0.400. The fourth-order valence-corrected chi connectivity index (χ4v) is 1.13. The third-order valence-corrected chi connectivity index (χ3v) is 1.96. The summed E-state index contributed by atoms with van der Waals surface area (Å²) < 4.78 is 0. The number of carbonyl (C=O) groups is 2. The number of nitrogens with one attached hydrogen (secondary N) is 1. The van der Waals surface area contributed by atoms with E-state index >= 15 is 0 Å². The van der Waals surface area contributed by atoms with Gasteiger partial charge in [0, 0.05) is 24.9 Å². The van der Waals surface area contributed by atoms with Crippen molar-refractivity contribution in [3.05, 3.63) is 24.3 Å². The van der Waals surface area contributed by atoms with Crippen molar-refractivity contribution in [3.8, 4) is 0 Å². The Kier molecular flexibility index (Phi) is 4.38. The topological polar surface area (TPSA) is 92.2 Å². The second kappa shape index (κ2) is 5.79. The molecular weight excluding hydrogens is 210 g/mol. The lowest BCUT2D eigenvalue weighted by Gasteiger charge is -2.11. The number of aliphatic carboxylic acids is 1. The average Bonchev–Trinajstić information content (AvgIpc) is 2.27. The van der Waals surface area contributed by atoms with E-state index in [-0.39, 0.29) is 24.1 Å². The van der Waals surface area contributed by atoms with Crippen LogP contribution in [-0.2, 0) is 4.79 Å². The molecule has 0 radical (unpaired) electrons. The highest BCUT2D eigenvalue weighted by atomic mass is 16.4. The quantitative estimate of drug-likeness (QED) is 0.756. The van der Waals surface area contributed by atoms with Crippen LogP contribution in [0.1, 0.15) is 30.3 Å². The molecule has 6 nitrogen and oxygen atoms in total. The smallest absolute Gasteiger partial charge is 0.303 e. The molecule has 1 heterocycles. The van der Waals surface area contributed by atoms with Crippen molar-refractivity contribution in [2.75, 3.05) is 0 Å². The maximum atomic E-state index is 11.5. The number of carboxylic acid groups (broad SMARTS) is 1. The van der Waals surface area contributed by atoms with Crippen LogP contribution in [0.25, 0.3) is 0 Å². The van der Waals surface area contributed by atoms with Crippen molar-refractivity contribution in [3.63, 3.8) is 0 Å². The number of hydrogen-bond donors (Lipinski definition) is 2. The molecule has 1 unspecified atom stereocenters. The van der Waals surface area contributed by atoms with Crippen LogP contribution in [0.4, 0.5) is 0 Å². The van der Waals surface area contributed by atoms with Crippen LogP contribution in [-0.4, -0.2) is 33.0 Å². The molecule has 0 fully saturated rings. The molecule has 16 heavy (non-hydrogen) atoms. The minimum absolute atomic E-state index is 0.0297. The van der Waals surface area contributed by atoms with E-state index in [1.54, 1.807) is 6.92 Å². The fourth-order valence-electron chi connectivity index (χ4n) is 1.13. The van der Waals surface area contributed by atoms with Gasteiger partial charge >= 0.3 is 5.97 Å². The average molecular weight is 223 g/mol. The molecule has 0 aliphatic carbocycles. The summed E-state index contributed by atoms with van der Waals surface area (Å²) in [6, 6.07) is -0.203. The van der Waals surface area contributed by atoms with E-state index in [9.17, 15) is 9.59 Å². The van der Waals surface area contributed by atoms with E-state index in [2.05, 4.69) is 15.3 Å². The zero-order valence-electron chi connectivity index (χ0n) is 8.88. The number of nitrogens with zero attached hydrogens (tertiary/aromatic N) is 2. The van der Waals surface area contributed by atoms with Gasteiger partial charge in [-0.15, -0.1) is 0 Å². The molecule has 1 aromatic rings. The molecule has 0 spiro atoms.